The van der Waals surface area contributed by atoms with Crippen LogP contribution >= 0.6 is 0 Å². The van der Waals surface area contributed by atoms with Crippen LogP contribution in [-0.2, 0) is 19.7 Å². The van der Waals surface area contributed by atoms with Gasteiger partial charge < -0.3 is 24.5 Å². The molecule has 0 saturated heterocycles. The topological polar surface area (TPSA) is 108 Å². The van der Waals surface area contributed by atoms with E-state index >= 15 is 0 Å². The molecule has 0 fully saturated rings. The standard InChI is InChI=1S/C27H28N4O5/c1-3-31-17-24(25(30-31)27(33)28-16-23-9-6-14-35-23)29-26(32)20-8-5-7-19(15-20)18-36-22-12-10-21(11-13-22)34-4-2/h5-15,17H,3-4,16,18H2,1-2H3,(H,28,33)(H,29,32). The highest BCUT2D eigenvalue weighted by Gasteiger charge is 2.19. The Hall–Kier alpha value is -4.53. The van der Waals surface area contributed by atoms with Gasteiger partial charge in [0.2, 0.25) is 0 Å². The zero-order valence-electron chi connectivity index (χ0n) is 20.2. The minimum Gasteiger partial charge on any atom is -0.494 e. The Morgan fingerprint density at radius 3 is 2.44 bits per heavy atom. The first kappa shape index (κ1) is 24.6. The average Bonchev–Trinajstić information content (AvgIpc) is 3.57. The molecule has 2 aromatic carbocycles. The van der Waals surface area contributed by atoms with Crippen LogP contribution in [0.5, 0.6) is 11.5 Å². The van der Waals surface area contributed by atoms with E-state index in [2.05, 4.69) is 15.7 Å². The first-order valence-corrected chi connectivity index (χ1v) is 11.7. The van der Waals surface area contributed by atoms with E-state index in [1.165, 1.54) is 6.26 Å². The number of rotatable bonds is 11. The molecule has 0 saturated carbocycles. The molecule has 0 bridgehead atoms. The summed E-state index contributed by atoms with van der Waals surface area (Å²) in [5.41, 5.74) is 1.73. The van der Waals surface area contributed by atoms with Crippen molar-refractivity contribution in [3.63, 3.8) is 0 Å². The summed E-state index contributed by atoms with van der Waals surface area (Å²) in [5.74, 6) is 1.34. The number of hydrogen-bond donors (Lipinski definition) is 2. The first-order chi connectivity index (χ1) is 17.6. The highest BCUT2D eigenvalue weighted by molar-refractivity contribution is 6.08. The average molecular weight is 489 g/mol. The molecule has 4 aromatic rings. The fraction of sp³-hybridized carbons (Fsp3) is 0.222. The fourth-order valence-electron chi connectivity index (χ4n) is 3.47. The second kappa shape index (κ2) is 11.7. The smallest absolute Gasteiger partial charge is 0.274 e. The number of amides is 2. The largest absolute Gasteiger partial charge is 0.494 e. The summed E-state index contributed by atoms with van der Waals surface area (Å²) in [6, 6.07) is 18.0. The van der Waals surface area contributed by atoms with Gasteiger partial charge in [0.25, 0.3) is 11.8 Å². The van der Waals surface area contributed by atoms with Gasteiger partial charge in [-0.1, -0.05) is 12.1 Å². The van der Waals surface area contributed by atoms with E-state index in [-0.39, 0.29) is 18.1 Å². The summed E-state index contributed by atoms with van der Waals surface area (Å²) in [6.45, 7) is 5.49. The van der Waals surface area contributed by atoms with Crippen molar-refractivity contribution in [2.24, 2.45) is 0 Å². The number of furan rings is 1. The van der Waals surface area contributed by atoms with Crippen molar-refractivity contribution in [3.05, 3.63) is 95.7 Å². The molecule has 0 aliphatic rings. The van der Waals surface area contributed by atoms with Crippen molar-refractivity contribution in [3.8, 4) is 11.5 Å². The third-order valence-electron chi connectivity index (χ3n) is 5.28. The van der Waals surface area contributed by atoms with Crippen LogP contribution in [0.25, 0.3) is 0 Å². The maximum absolute atomic E-state index is 13.0. The van der Waals surface area contributed by atoms with E-state index in [1.807, 2.05) is 44.2 Å². The Morgan fingerprint density at radius 2 is 1.75 bits per heavy atom. The third-order valence-corrected chi connectivity index (χ3v) is 5.28. The Balaban J connectivity index is 1.40. The molecule has 2 aromatic heterocycles. The second-order valence-electron chi connectivity index (χ2n) is 7.86. The molecule has 0 aliphatic carbocycles. The molecule has 0 aliphatic heterocycles. The molecule has 9 heteroatoms. The van der Waals surface area contributed by atoms with Crippen LogP contribution in [0.3, 0.4) is 0 Å². The van der Waals surface area contributed by atoms with Crippen LogP contribution in [0.2, 0.25) is 0 Å². The highest BCUT2D eigenvalue weighted by Crippen LogP contribution is 2.20. The number of anilines is 1. The van der Waals surface area contributed by atoms with Gasteiger partial charge in [-0.05, 0) is 67.9 Å². The number of aryl methyl sites for hydroxylation is 1. The van der Waals surface area contributed by atoms with Crippen molar-refractivity contribution in [1.29, 1.82) is 0 Å². The normalized spacial score (nSPS) is 10.6. The number of carbonyl (C=O) groups is 2. The Morgan fingerprint density at radius 1 is 0.972 bits per heavy atom. The van der Waals surface area contributed by atoms with Gasteiger partial charge in [0.15, 0.2) is 5.69 Å². The molecule has 2 N–H and O–H groups in total. The molecule has 0 radical (unpaired) electrons. The van der Waals surface area contributed by atoms with Gasteiger partial charge >= 0.3 is 0 Å². The van der Waals surface area contributed by atoms with Gasteiger partial charge in [-0.15, -0.1) is 0 Å². The summed E-state index contributed by atoms with van der Waals surface area (Å²) in [4.78, 5) is 25.7. The summed E-state index contributed by atoms with van der Waals surface area (Å²) in [7, 11) is 0. The molecule has 0 spiro atoms. The predicted molar refractivity (Wildman–Crippen MR) is 134 cm³/mol. The van der Waals surface area contributed by atoms with Gasteiger partial charge in [-0.3, -0.25) is 14.3 Å². The Labute approximate surface area is 209 Å². The van der Waals surface area contributed by atoms with Gasteiger partial charge in [0.1, 0.15) is 23.9 Å². The van der Waals surface area contributed by atoms with Gasteiger partial charge in [0, 0.05) is 18.3 Å². The summed E-state index contributed by atoms with van der Waals surface area (Å²) >= 11 is 0. The lowest BCUT2D eigenvalue weighted by Crippen LogP contribution is -2.25. The van der Waals surface area contributed by atoms with E-state index in [1.54, 1.807) is 41.2 Å². The van der Waals surface area contributed by atoms with Crippen LogP contribution in [0.1, 0.15) is 46.0 Å². The minimum atomic E-state index is -0.411. The van der Waals surface area contributed by atoms with Crippen molar-refractivity contribution in [2.45, 2.75) is 33.5 Å². The molecule has 2 heterocycles. The third kappa shape index (κ3) is 6.32. The zero-order chi connectivity index (χ0) is 25.3. The maximum atomic E-state index is 13.0. The SMILES string of the molecule is CCOc1ccc(OCc2cccc(C(=O)Nc3cn(CC)nc3C(=O)NCc3ccco3)c2)cc1. The van der Waals surface area contributed by atoms with Crippen molar-refractivity contribution >= 4 is 17.5 Å². The summed E-state index contributed by atoms with van der Waals surface area (Å²) < 4.78 is 18.1. The van der Waals surface area contributed by atoms with E-state index in [0.29, 0.717) is 42.5 Å². The number of nitrogens with zero attached hydrogens (tertiary/aromatic N) is 2. The predicted octanol–water partition coefficient (Wildman–Crippen LogP) is 4.66. The highest BCUT2D eigenvalue weighted by atomic mass is 16.5. The number of nitrogens with one attached hydrogen (secondary N) is 2. The number of hydrogen-bond acceptors (Lipinski definition) is 6. The van der Waals surface area contributed by atoms with E-state index in [4.69, 9.17) is 13.9 Å². The van der Waals surface area contributed by atoms with Crippen molar-refractivity contribution in [2.75, 3.05) is 11.9 Å². The lowest BCUT2D eigenvalue weighted by atomic mass is 10.1. The quantitative estimate of drug-likeness (QED) is 0.318. The van der Waals surface area contributed by atoms with Crippen LogP contribution in [-0.4, -0.2) is 28.2 Å². The molecule has 186 valence electrons. The molecule has 36 heavy (non-hydrogen) atoms. The lowest BCUT2D eigenvalue weighted by molar-refractivity contribution is 0.0943. The van der Waals surface area contributed by atoms with Crippen LogP contribution in [0.15, 0.2) is 77.5 Å². The Kier molecular flexibility index (Phi) is 8.02. The van der Waals surface area contributed by atoms with E-state index < -0.39 is 5.91 Å². The summed E-state index contributed by atoms with van der Waals surface area (Å²) in [6.07, 6.45) is 3.18. The number of carbonyl (C=O) groups excluding carboxylic acids is 2. The lowest BCUT2D eigenvalue weighted by Gasteiger charge is -2.10. The number of aromatic nitrogens is 2. The van der Waals surface area contributed by atoms with Gasteiger partial charge in [-0.2, -0.15) is 5.10 Å². The molecular weight excluding hydrogens is 460 g/mol. The number of benzene rings is 2. The zero-order valence-corrected chi connectivity index (χ0v) is 20.2. The molecular formula is C27H28N4O5. The molecule has 0 atom stereocenters. The Bertz CT molecular complexity index is 1300. The van der Waals surface area contributed by atoms with E-state index in [9.17, 15) is 9.59 Å². The van der Waals surface area contributed by atoms with Crippen LogP contribution in [0.4, 0.5) is 5.69 Å². The minimum absolute atomic E-state index is 0.131. The molecule has 0 unspecified atom stereocenters. The van der Waals surface area contributed by atoms with Gasteiger partial charge in [0.05, 0.1) is 25.1 Å². The molecule has 4 rings (SSSR count). The van der Waals surface area contributed by atoms with Crippen molar-refractivity contribution < 1.29 is 23.5 Å². The number of ether oxygens (including phenoxy) is 2. The fourth-order valence-corrected chi connectivity index (χ4v) is 3.47. The first-order valence-electron chi connectivity index (χ1n) is 11.7. The van der Waals surface area contributed by atoms with Gasteiger partial charge in [-0.25, -0.2) is 0 Å². The maximum Gasteiger partial charge on any atom is 0.274 e. The van der Waals surface area contributed by atoms with E-state index in [0.717, 1.165) is 11.3 Å². The molecule has 2 amide bonds. The van der Waals surface area contributed by atoms with Crippen molar-refractivity contribution in [1.82, 2.24) is 15.1 Å². The second-order valence-corrected chi connectivity index (χ2v) is 7.86. The molecule has 9 nitrogen and oxygen atoms in total. The van der Waals surface area contributed by atoms with Crippen LogP contribution < -0.4 is 20.1 Å². The van der Waals surface area contributed by atoms with Crippen LogP contribution in [0, 0.1) is 0 Å². The summed E-state index contributed by atoms with van der Waals surface area (Å²) in [5, 5.41) is 9.88. The monoisotopic (exact) mass is 488 g/mol.